The zero-order chi connectivity index (χ0) is 19.6. The largest absolute Gasteiger partial charge is 0.493 e. The standard InChI is InChI=1S/C19H24ClN5O2/c1-5-21-14(26)9-10-27-13-8-6-7-12(11-13)17-22-18-15(20)16(19(2,3)4)23-25(18)24-17/h6-8,11H,5,9-10H2,1-4H3,(H,21,26)(H,22,24). The van der Waals surface area contributed by atoms with Crippen molar-refractivity contribution in [1.82, 2.24) is 25.1 Å². The number of nitrogens with zero attached hydrogens (tertiary/aromatic N) is 3. The lowest BCUT2D eigenvalue weighted by molar-refractivity contribution is -0.121. The van der Waals surface area contributed by atoms with Gasteiger partial charge in [0.2, 0.25) is 5.91 Å². The Bertz CT molecular complexity index is 955. The SMILES string of the molecule is CCNC(=O)CCOc1cccc(-c2nn3nc(C(C)(C)C)c(Cl)c3[nH]2)c1. The summed E-state index contributed by atoms with van der Waals surface area (Å²) in [5.41, 5.74) is 2.16. The highest BCUT2D eigenvalue weighted by Gasteiger charge is 2.25. The number of benzene rings is 1. The average molecular weight is 390 g/mol. The Morgan fingerprint density at radius 1 is 1.33 bits per heavy atom. The fourth-order valence-corrected chi connectivity index (χ4v) is 3.13. The number of aromatic nitrogens is 4. The van der Waals surface area contributed by atoms with E-state index in [-0.39, 0.29) is 11.3 Å². The number of rotatable bonds is 6. The third kappa shape index (κ3) is 4.24. The molecule has 27 heavy (non-hydrogen) atoms. The van der Waals surface area contributed by atoms with Crippen molar-refractivity contribution in [2.75, 3.05) is 13.2 Å². The summed E-state index contributed by atoms with van der Waals surface area (Å²) in [6, 6.07) is 7.52. The van der Waals surface area contributed by atoms with Gasteiger partial charge in [-0.2, -0.15) is 5.10 Å². The molecule has 8 heteroatoms. The third-order valence-electron chi connectivity index (χ3n) is 4.03. The minimum absolute atomic E-state index is 0.0230. The van der Waals surface area contributed by atoms with Crippen LogP contribution in [0.15, 0.2) is 24.3 Å². The molecule has 7 nitrogen and oxygen atoms in total. The minimum Gasteiger partial charge on any atom is -0.493 e. The van der Waals surface area contributed by atoms with Crippen LogP contribution in [0.5, 0.6) is 5.75 Å². The number of carbonyl (C=O) groups is 1. The van der Waals surface area contributed by atoms with Crippen molar-refractivity contribution in [3.63, 3.8) is 0 Å². The van der Waals surface area contributed by atoms with E-state index >= 15 is 0 Å². The number of hydrogen-bond donors (Lipinski definition) is 2. The fraction of sp³-hybridized carbons (Fsp3) is 0.421. The summed E-state index contributed by atoms with van der Waals surface area (Å²) < 4.78 is 7.21. The molecule has 0 bridgehead atoms. The van der Waals surface area contributed by atoms with Gasteiger partial charge in [-0.25, -0.2) is 0 Å². The summed E-state index contributed by atoms with van der Waals surface area (Å²) >= 11 is 6.48. The highest BCUT2D eigenvalue weighted by Crippen LogP contribution is 2.32. The lowest BCUT2D eigenvalue weighted by atomic mass is 9.92. The summed E-state index contributed by atoms with van der Waals surface area (Å²) in [5, 5.41) is 12.3. The molecule has 1 aromatic carbocycles. The molecule has 144 valence electrons. The monoisotopic (exact) mass is 389 g/mol. The van der Waals surface area contributed by atoms with Gasteiger partial charge in [-0.3, -0.25) is 4.79 Å². The van der Waals surface area contributed by atoms with Crippen molar-refractivity contribution >= 4 is 23.2 Å². The van der Waals surface area contributed by atoms with E-state index in [0.717, 1.165) is 11.3 Å². The molecule has 0 aliphatic rings. The van der Waals surface area contributed by atoms with Crippen LogP contribution in [0.3, 0.4) is 0 Å². The van der Waals surface area contributed by atoms with E-state index in [9.17, 15) is 4.79 Å². The molecule has 0 saturated heterocycles. The Labute approximate surface area is 163 Å². The molecule has 2 N–H and O–H groups in total. The van der Waals surface area contributed by atoms with Crippen LogP contribution in [-0.2, 0) is 10.2 Å². The van der Waals surface area contributed by atoms with Gasteiger partial charge in [0.15, 0.2) is 11.5 Å². The zero-order valence-corrected chi connectivity index (χ0v) is 16.7. The molecule has 0 fully saturated rings. The van der Waals surface area contributed by atoms with Gasteiger partial charge in [0.25, 0.3) is 0 Å². The van der Waals surface area contributed by atoms with Crippen LogP contribution in [0, 0.1) is 0 Å². The van der Waals surface area contributed by atoms with Gasteiger partial charge in [0.1, 0.15) is 10.8 Å². The number of halogens is 1. The molecule has 0 aliphatic carbocycles. The number of ether oxygens (including phenoxy) is 1. The van der Waals surface area contributed by atoms with Crippen LogP contribution in [0.1, 0.15) is 39.8 Å². The maximum Gasteiger partial charge on any atom is 0.223 e. The van der Waals surface area contributed by atoms with E-state index in [2.05, 4.69) is 41.3 Å². The Balaban J connectivity index is 1.78. The normalized spacial score (nSPS) is 11.7. The highest BCUT2D eigenvalue weighted by atomic mass is 35.5. The van der Waals surface area contributed by atoms with Gasteiger partial charge in [-0.1, -0.05) is 44.5 Å². The van der Waals surface area contributed by atoms with Crippen molar-refractivity contribution in [2.24, 2.45) is 0 Å². The number of H-pyrrole nitrogens is 1. The molecule has 0 spiro atoms. The smallest absolute Gasteiger partial charge is 0.223 e. The Hall–Kier alpha value is -2.54. The molecular weight excluding hydrogens is 366 g/mol. The lowest BCUT2D eigenvalue weighted by Gasteiger charge is -2.14. The van der Waals surface area contributed by atoms with Crippen LogP contribution < -0.4 is 10.1 Å². The second-order valence-corrected chi connectivity index (χ2v) is 7.68. The minimum atomic E-state index is -0.163. The maximum absolute atomic E-state index is 11.5. The van der Waals surface area contributed by atoms with Crippen LogP contribution in [0.4, 0.5) is 0 Å². The van der Waals surface area contributed by atoms with E-state index in [1.807, 2.05) is 31.2 Å². The number of amides is 1. The molecule has 1 amide bonds. The van der Waals surface area contributed by atoms with Gasteiger partial charge in [-0.15, -0.1) is 9.73 Å². The predicted molar refractivity (Wildman–Crippen MR) is 105 cm³/mol. The van der Waals surface area contributed by atoms with Crippen molar-refractivity contribution < 1.29 is 9.53 Å². The average Bonchev–Trinajstić information content (AvgIpc) is 3.15. The summed E-state index contributed by atoms with van der Waals surface area (Å²) in [6.07, 6.45) is 0.317. The van der Waals surface area contributed by atoms with Gasteiger partial charge < -0.3 is 15.0 Å². The lowest BCUT2D eigenvalue weighted by Crippen LogP contribution is -2.24. The van der Waals surface area contributed by atoms with Crippen LogP contribution in [0.25, 0.3) is 17.0 Å². The van der Waals surface area contributed by atoms with Crippen LogP contribution >= 0.6 is 11.6 Å². The van der Waals surface area contributed by atoms with Gasteiger partial charge in [0, 0.05) is 17.5 Å². The van der Waals surface area contributed by atoms with Crippen molar-refractivity contribution in [2.45, 2.75) is 39.5 Å². The number of nitrogens with one attached hydrogen (secondary N) is 2. The molecule has 3 aromatic rings. The molecular formula is C19H24ClN5O2. The number of carbonyl (C=O) groups excluding carboxylic acids is 1. The number of aromatic amines is 1. The maximum atomic E-state index is 11.5. The third-order valence-corrected chi connectivity index (χ3v) is 4.39. The molecule has 0 saturated carbocycles. The van der Waals surface area contributed by atoms with Crippen molar-refractivity contribution in [3.05, 3.63) is 35.0 Å². The van der Waals surface area contributed by atoms with Crippen LogP contribution in [0.2, 0.25) is 5.02 Å². The van der Waals surface area contributed by atoms with Crippen molar-refractivity contribution in [1.29, 1.82) is 0 Å². The highest BCUT2D eigenvalue weighted by molar-refractivity contribution is 6.34. The van der Waals surface area contributed by atoms with Crippen molar-refractivity contribution in [3.8, 4) is 17.1 Å². The van der Waals surface area contributed by atoms with E-state index < -0.39 is 0 Å². The number of fused-ring (bicyclic) bond motifs is 1. The second-order valence-electron chi connectivity index (χ2n) is 7.30. The first-order valence-electron chi connectivity index (χ1n) is 8.94. The second kappa shape index (κ2) is 7.60. The molecule has 2 heterocycles. The van der Waals surface area contributed by atoms with E-state index in [0.29, 0.717) is 41.8 Å². The predicted octanol–water partition coefficient (Wildman–Crippen LogP) is 3.58. The first kappa shape index (κ1) is 19.2. The van der Waals surface area contributed by atoms with E-state index in [4.69, 9.17) is 16.3 Å². The summed E-state index contributed by atoms with van der Waals surface area (Å²) in [7, 11) is 0. The first-order valence-corrected chi connectivity index (χ1v) is 9.32. The zero-order valence-electron chi connectivity index (χ0n) is 16.0. The Morgan fingerprint density at radius 2 is 2.11 bits per heavy atom. The quantitative estimate of drug-likeness (QED) is 0.674. The summed E-state index contributed by atoms with van der Waals surface area (Å²) in [5.74, 6) is 1.30. The summed E-state index contributed by atoms with van der Waals surface area (Å²) in [4.78, 5) is 14.7. The Kier molecular flexibility index (Phi) is 5.41. The topological polar surface area (TPSA) is 84.3 Å². The van der Waals surface area contributed by atoms with Gasteiger partial charge in [0.05, 0.1) is 18.7 Å². The van der Waals surface area contributed by atoms with Gasteiger partial charge in [-0.05, 0) is 19.1 Å². The van der Waals surface area contributed by atoms with Gasteiger partial charge >= 0.3 is 0 Å². The van der Waals surface area contributed by atoms with Crippen LogP contribution in [-0.4, -0.2) is 38.9 Å². The molecule has 0 unspecified atom stereocenters. The molecule has 3 rings (SSSR count). The first-order chi connectivity index (χ1) is 12.8. The molecule has 0 atom stereocenters. The van der Waals surface area contributed by atoms with E-state index in [1.54, 1.807) is 0 Å². The fourth-order valence-electron chi connectivity index (χ4n) is 2.69. The summed E-state index contributed by atoms with van der Waals surface area (Å²) in [6.45, 7) is 9.00. The van der Waals surface area contributed by atoms with E-state index in [1.165, 1.54) is 4.63 Å². The molecule has 0 aliphatic heterocycles. The molecule has 0 radical (unpaired) electrons. The Morgan fingerprint density at radius 3 is 2.78 bits per heavy atom. The number of hydrogen-bond acceptors (Lipinski definition) is 4. The molecule has 2 aromatic heterocycles.